The van der Waals surface area contributed by atoms with Crippen LogP contribution in [0.15, 0.2) is 170 Å². The number of benzene rings is 8. The fraction of sp³-hybridized carbons (Fsp3) is 0.0556. The normalized spacial score (nSPS) is 13.2. The Kier molecular flexibility index (Phi) is 7.53. The maximum Gasteiger partial charge on any atom is 0.238 e. The van der Waals surface area contributed by atoms with Gasteiger partial charge in [0.15, 0.2) is 11.6 Å². The van der Waals surface area contributed by atoms with Crippen LogP contribution in [-0.4, -0.2) is 15.0 Å². The van der Waals surface area contributed by atoms with E-state index in [0.717, 1.165) is 22.5 Å². The molecule has 4 heterocycles. The van der Waals surface area contributed by atoms with E-state index in [4.69, 9.17) is 15.0 Å². The van der Waals surface area contributed by atoms with Crippen LogP contribution in [0.2, 0.25) is 0 Å². The van der Waals surface area contributed by atoms with Crippen LogP contribution in [0.1, 0.15) is 25.0 Å². The van der Waals surface area contributed by atoms with Gasteiger partial charge in [0.2, 0.25) is 5.95 Å². The highest BCUT2D eigenvalue weighted by atomic mass is 32.1. The van der Waals surface area contributed by atoms with E-state index in [2.05, 4.69) is 189 Å². The van der Waals surface area contributed by atoms with E-state index < -0.39 is 0 Å². The molecule has 0 N–H and O–H groups in total. The molecule has 8 aromatic carbocycles. The Morgan fingerprint density at radius 1 is 0.410 bits per heavy atom. The van der Waals surface area contributed by atoms with Gasteiger partial charge in [0.05, 0.1) is 16.1 Å². The molecular formula is C54H34N4S3. The lowest BCUT2D eigenvalue weighted by molar-refractivity contribution is 0.660. The molecule has 0 bridgehead atoms. The quantitative estimate of drug-likeness (QED) is 0.173. The lowest BCUT2D eigenvalue weighted by Gasteiger charge is -2.28. The number of rotatable bonds is 5. The van der Waals surface area contributed by atoms with Crippen molar-refractivity contribution in [2.75, 3.05) is 4.90 Å². The zero-order chi connectivity index (χ0) is 40.4. The van der Waals surface area contributed by atoms with Crippen molar-refractivity contribution < 1.29 is 0 Å². The molecule has 0 saturated carbocycles. The summed E-state index contributed by atoms with van der Waals surface area (Å²) >= 11 is 5.45. The first kappa shape index (κ1) is 35.0. The third-order valence-electron chi connectivity index (χ3n) is 12.5. The van der Waals surface area contributed by atoms with Gasteiger partial charge in [-0.25, -0.2) is 4.98 Å². The highest BCUT2D eigenvalue weighted by Crippen LogP contribution is 2.55. The molecule has 12 aromatic rings. The average molecular weight is 835 g/mol. The Balaban J connectivity index is 1.12. The summed E-state index contributed by atoms with van der Waals surface area (Å²) in [5.74, 6) is 1.85. The predicted octanol–water partition coefficient (Wildman–Crippen LogP) is 16.1. The van der Waals surface area contributed by atoms with Gasteiger partial charge in [-0.05, 0) is 71.3 Å². The van der Waals surface area contributed by atoms with E-state index in [1.54, 1.807) is 0 Å². The summed E-state index contributed by atoms with van der Waals surface area (Å²) in [4.78, 5) is 18.8. The van der Waals surface area contributed by atoms with E-state index in [9.17, 15) is 0 Å². The van der Waals surface area contributed by atoms with Gasteiger partial charge in [-0.15, -0.1) is 34.0 Å². The van der Waals surface area contributed by atoms with Gasteiger partial charge in [0.1, 0.15) is 0 Å². The van der Waals surface area contributed by atoms with E-state index >= 15 is 0 Å². The standard InChI is InChI=1S/C54H34N4S3/c1-54(2)40-18-7-3-16-38(40)49-41(54)19-12-20-42(49)58(43-21-11-17-37-34-14-5-10-24-46(34)61-50(37)43)53-56-51(31-26-28-47-39(29-31)35-15-6-9-23-45(35)59-47)55-52(57-53)32-25-27-36-33-13-4-8-22-44(33)60-48(36)30-32/h3-30H,1-2H3. The molecule has 0 aliphatic heterocycles. The van der Waals surface area contributed by atoms with Crippen molar-refractivity contribution in [3.05, 3.63) is 181 Å². The molecule has 1 aliphatic carbocycles. The van der Waals surface area contributed by atoms with Crippen LogP contribution in [0, 0.1) is 0 Å². The minimum absolute atomic E-state index is 0.189. The zero-order valence-electron chi connectivity index (χ0n) is 33.2. The van der Waals surface area contributed by atoms with Gasteiger partial charge in [-0.2, -0.15) is 9.97 Å². The summed E-state index contributed by atoms with van der Waals surface area (Å²) in [5, 5.41) is 7.43. The number of hydrogen-bond donors (Lipinski definition) is 0. The van der Waals surface area contributed by atoms with Gasteiger partial charge in [0, 0.05) is 77.9 Å². The largest absolute Gasteiger partial charge is 0.277 e. The van der Waals surface area contributed by atoms with Crippen LogP contribution in [0.3, 0.4) is 0 Å². The van der Waals surface area contributed by atoms with Gasteiger partial charge >= 0.3 is 0 Å². The fourth-order valence-corrected chi connectivity index (χ4v) is 13.1. The molecule has 4 nitrogen and oxygen atoms in total. The van der Waals surface area contributed by atoms with E-state index in [-0.39, 0.29) is 5.41 Å². The van der Waals surface area contributed by atoms with Gasteiger partial charge < -0.3 is 0 Å². The van der Waals surface area contributed by atoms with Crippen molar-refractivity contribution >= 4 is 112 Å². The minimum Gasteiger partial charge on any atom is -0.277 e. The zero-order valence-corrected chi connectivity index (χ0v) is 35.6. The number of hydrogen-bond acceptors (Lipinski definition) is 7. The molecule has 1 aliphatic rings. The van der Waals surface area contributed by atoms with Crippen LogP contribution >= 0.6 is 34.0 Å². The molecule has 4 aromatic heterocycles. The highest BCUT2D eigenvalue weighted by molar-refractivity contribution is 7.27. The Bertz CT molecular complexity index is 3780. The first-order chi connectivity index (χ1) is 30.0. The lowest BCUT2D eigenvalue weighted by Crippen LogP contribution is -2.18. The molecule has 61 heavy (non-hydrogen) atoms. The summed E-state index contributed by atoms with van der Waals surface area (Å²) in [5.41, 5.74) is 8.87. The first-order valence-corrected chi connectivity index (χ1v) is 23.0. The molecule has 0 amide bonds. The SMILES string of the molecule is CC1(C)c2ccccc2-c2c(N(c3nc(-c4ccc5c(c4)sc4ccccc45)nc(-c4ccc5sc6ccccc6c5c4)n3)c3cccc4c3sc3ccccc34)cccc21. The number of fused-ring (bicyclic) bond motifs is 12. The Labute approximate surface area is 363 Å². The van der Waals surface area contributed by atoms with Crippen LogP contribution in [0.25, 0.3) is 94.4 Å². The predicted molar refractivity (Wildman–Crippen MR) is 262 cm³/mol. The van der Waals surface area contributed by atoms with Gasteiger partial charge in [-0.1, -0.05) is 129 Å². The molecular weight excluding hydrogens is 801 g/mol. The smallest absolute Gasteiger partial charge is 0.238 e. The Hall–Kier alpha value is -6.77. The minimum atomic E-state index is -0.189. The fourth-order valence-electron chi connectivity index (χ4n) is 9.63. The van der Waals surface area contributed by atoms with E-state index in [1.807, 2.05) is 34.0 Å². The van der Waals surface area contributed by atoms with Crippen LogP contribution in [-0.2, 0) is 5.41 Å². The van der Waals surface area contributed by atoms with Crippen molar-refractivity contribution in [3.8, 4) is 33.9 Å². The van der Waals surface area contributed by atoms with Crippen molar-refractivity contribution in [2.45, 2.75) is 19.3 Å². The monoisotopic (exact) mass is 834 g/mol. The third kappa shape index (κ3) is 5.24. The van der Waals surface area contributed by atoms with E-state index in [0.29, 0.717) is 17.6 Å². The van der Waals surface area contributed by atoms with Crippen molar-refractivity contribution in [2.24, 2.45) is 0 Å². The summed E-state index contributed by atoms with van der Waals surface area (Å²) in [7, 11) is 0. The lowest BCUT2D eigenvalue weighted by atomic mass is 9.82. The number of thiophene rings is 3. The second kappa shape index (κ2) is 13.1. The number of aromatic nitrogens is 3. The molecule has 288 valence electrons. The van der Waals surface area contributed by atoms with Crippen LogP contribution < -0.4 is 4.90 Å². The molecule has 0 saturated heterocycles. The summed E-state index contributed by atoms with van der Waals surface area (Å²) in [6, 6.07) is 61.6. The third-order valence-corrected chi connectivity index (χ3v) is 16.0. The summed E-state index contributed by atoms with van der Waals surface area (Å²) in [6.07, 6.45) is 0. The number of anilines is 3. The molecule has 0 atom stereocenters. The van der Waals surface area contributed by atoms with Gasteiger partial charge in [-0.3, -0.25) is 4.90 Å². The summed E-state index contributed by atoms with van der Waals surface area (Å²) in [6.45, 7) is 4.68. The van der Waals surface area contributed by atoms with Crippen molar-refractivity contribution in [1.82, 2.24) is 15.0 Å². The second-order valence-electron chi connectivity index (χ2n) is 16.4. The van der Waals surface area contributed by atoms with Crippen molar-refractivity contribution in [1.29, 1.82) is 0 Å². The van der Waals surface area contributed by atoms with Crippen LogP contribution in [0.5, 0.6) is 0 Å². The van der Waals surface area contributed by atoms with Crippen molar-refractivity contribution in [3.63, 3.8) is 0 Å². The highest BCUT2D eigenvalue weighted by Gasteiger charge is 2.38. The molecule has 0 radical (unpaired) electrons. The van der Waals surface area contributed by atoms with E-state index in [1.165, 1.54) is 82.8 Å². The Morgan fingerprint density at radius 2 is 0.951 bits per heavy atom. The number of nitrogens with zero attached hydrogens (tertiary/aromatic N) is 4. The summed E-state index contributed by atoms with van der Waals surface area (Å²) < 4.78 is 7.43. The van der Waals surface area contributed by atoms with Gasteiger partial charge in [0.25, 0.3) is 0 Å². The van der Waals surface area contributed by atoms with Crippen LogP contribution in [0.4, 0.5) is 17.3 Å². The second-order valence-corrected chi connectivity index (χ2v) is 19.6. The first-order valence-electron chi connectivity index (χ1n) is 20.5. The molecule has 0 unspecified atom stereocenters. The Morgan fingerprint density at radius 3 is 1.74 bits per heavy atom. The molecule has 0 fully saturated rings. The average Bonchev–Trinajstić information content (AvgIpc) is 4.04. The molecule has 0 spiro atoms. The maximum absolute atomic E-state index is 5.54. The molecule has 7 heteroatoms. The topological polar surface area (TPSA) is 41.9 Å². The maximum atomic E-state index is 5.54. The molecule has 13 rings (SSSR count).